The zero-order chi connectivity index (χ0) is 17.1. The summed E-state index contributed by atoms with van der Waals surface area (Å²) in [6.45, 7) is 0.988. The van der Waals surface area contributed by atoms with E-state index < -0.39 is 4.92 Å². The monoisotopic (exact) mass is 344 g/mol. The SMILES string of the molecule is O=C(c1ccccc1)C1CCN(C(=O)c2ccc([N+](=O)[O-])s2)CC1. The molecule has 1 fully saturated rings. The van der Waals surface area contributed by atoms with Crippen LogP contribution in [0.15, 0.2) is 42.5 Å². The van der Waals surface area contributed by atoms with Crippen molar-refractivity contribution in [2.24, 2.45) is 5.92 Å². The van der Waals surface area contributed by atoms with Crippen LogP contribution in [0.4, 0.5) is 5.00 Å². The van der Waals surface area contributed by atoms with E-state index >= 15 is 0 Å². The highest BCUT2D eigenvalue weighted by atomic mass is 32.1. The fourth-order valence-electron chi connectivity index (χ4n) is 2.88. The number of carbonyl (C=O) groups excluding carboxylic acids is 2. The average molecular weight is 344 g/mol. The zero-order valence-electron chi connectivity index (χ0n) is 12.9. The van der Waals surface area contributed by atoms with E-state index in [9.17, 15) is 19.7 Å². The molecule has 1 aliphatic heterocycles. The Morgan fingerprint density at radius 1 is 1.08 bits per heavy atom. The van der Waals surface area contributed by atoms with Gasteiger partial charge in [0.05, 0.1) is 9.80 Å². The highest BCUT2D eigenvalue weighted by Crippen LogP contribution is 2.27. The minimum absolute atomic E-state index is 0.0347. The fraction of sp³-hybridized carbons (Fsp3) is 0.294. The molecule has 7 heteroatoms. The summed E-state index contributed by atoms with van der Waals surface area (Å²) in [4.78, 5) is 37.1. The highest BCUT2D eigenvalue weighted by molar-refractivity contribution is 7.17. The van der Waals surface area contributed by atoms with Crippen molar-refractivity contribution in [3.63, 3.8) is 0 Å². The minimum atomic E-state index is -0.494. The molecule has 1 amide bonds. The van der Waals surface area contributed by atoms with Crippen molar-refractivity contribution in [1.82, 2.24) is 4.90 Å². The quantitative estimate of drug-likeness (QED) is 0.484. The van der Waals surface area contributed by atoms with E-state index in [0.717, 1.165) is 11.3 Å². The molecular weight excluding hydrogens is 328 g/mol. The van der Waals surface area contributed by atoms with Gasteiger partial charge in [-0.05, 0) is 18.9 Å². The number of hydrogen-bond donors (Lipinski definition) is 0. The van der Waals surface area contributed by atoms with E-state index in [4.69, 9.17) is 0 Å². The van der Waals surface area contributed by atoms with Crippen LogP contribution in [0.1, 0.15) is 32.9 Å². The van der Waals surface area contributed by atoms with E-state index in [1.807, 2.05) is 30.3 Å². The average Bonchev–Trinajstić information content (AvgIpc) is 3.12. The number of carbonyl (C=O) groups is 2. The second-order valence-electron chi connectivity index (χ2n) is 5.69. The third-order valence-electron chi connectivity index (χ3n) is 4.19. The molecule has 1 aromatic carbocycles. The third-order valence-corrected chi connectivity index (χ3v) is 5.22. The molecule has 0 saturated carbocycles. The van der Waals surface area contributed by atoms with Gasteiger partial charge in [-0.25, -0.2) is 0 Å². The molecule has 2 aromatic rings. The van der Waals surface area contributed by atoms with Crippen molar-refractivity contribution in [2.45, 2.75) is 12.8 Å². The van der Waals surface area contributed by atoms with Crippen molar-refractivity contribution < 1.29 is 14.5 Å². The second-order valence-corrected chi connectivity index (χ2v) is 6.75. The van der Waals surface area contributed by atoms with Gasteiger partial charge in [-0.1, -0.05) is 41.7 Å². The number of nitrogens with zero attached hydrogens (tertiary/aromatic N) is 2. The van der Waals surface area contributed by atoms with Crippen molar-refractivity contribution >= 4 is 28.0 Å². The van der Waals surface area contributed by atoms with Crippen LogP contribution in [0.2, 0.25) is 0 Å². The predicted molar refractivity (Wildman–Crippen MR) is 90.4 cm³/mol. The summed E-state index contributed by atoms with van der Waals surface area (Å²) in [6, 6.07) is 12.0. The maximum atomic E-state index is 12.4. The standard InChI is InChI=1S/C17H16N2O4S/c20-16(12-4-2-1-3-5-12)13-8-10-18(11-9-13)17(21)14-6-7-15(24-14)19(22)23/h1-7,13H,8-11H2. The predicted octanol–water partition coefficient (Wildman–Crippen LogP) is 3.39. The van der Waals surface area contributed by atoms with Crippen LogP contribution in [-0.4, -0.2) is 34.6 Å². The van der Waals surface area contributed by atoms with Crippen LogP contribution in [0, 0.1) is 16.0 Å². The number of benzene rings is 1. The van der Waals surface area contributed by atoms with Gasteiger partial charge in [0.1, 0.15) is 0 Å². The van der Waals surface area contributed by atoms with E-state index in [1.54, 1.807) is 4.90 Å². The van der Waals surface area contributed by atoms with Crippen LogP contribution in [0.5, 0.6) is 0 Å². The van der Waals surface area contributed by atoms with Crippen molar-refractivity contribution in [1.29, 1.82) is 0 Å². The van der Waals surface area contributed by atoms with E-state index in [-0.39, 0.29) is 22.6 Å². The third kappa shape index (κ3) is 3.35. The fourth-order valence-corrected chi connectivity index (χ4v) is 3.67. The van der Waals surface area contributed by atoms with E-state index in [2.05, 4.69) is 0 Å². The van der Waals surface area contributed by atoms with Crippen LogP contribution in [-0.2, 0) is 0 Å². The molecule has 0 unspecified atom stereocenters. The summed E-state index contributed by atoms with van der Waals surface area (Å²) < 4.78 is 0. The van der Waals surface area contributed by atoms with Gasteiger partial charge in [0.2, 0.25) is 0 Å². The number of likely N-dealkylation sites (tertiary alicyclic amines) is 1. The van der Waals surface area contributed by atoms with Crippen LogP contribution >= 0.6 is 11.3 Å². The summed E-state index contributed by atoms with van der Waals surface area (Å²) in [5, 5.41) is 10.7. The van der Waals surface area contributed by atoms with Crippen LogP contribution < -0.4 is 0 Å². The molecule has 0 atom stereocenters. The first kappa shape index (κ1) is 16.3. The van der Waals surface area contributed by atoms with Gasteiger partial charge < -0.3 is 4.90 Å². The summed E-state index contributed by atoms with van der Waals surface area (Å²) >= 11 is 0.889. The van der Waals surface area contributed by atoms with Crippen LogP contribution in [0.3, 0.4) is 0 Å². The summed E-state index contributed by atoms with van der Waals surface area (Å²) in [6.07, 6.45) is 1.24. The maximum Gasteiger partial charge on any atom is 0.324 e. The Labute approximate surface area is 142 Å². The lowest BCUT2D eigenvalue weighted by Gasteiger charge is -2.31. The number of Topliss-reactive ketones (excluding diaryl/α,β-unsaturated/α-hetero) is 1. The minimum Gasteiger partial charge on any atom is -0.338 e. The lowest BCUT2D eigenvalue weighted by Crippen LogP contribution is -2.40. The molecule has 0 bridgehead atoms. The molecule has 1 saturated heterocycles. The molecule has 2 heterocycles. The van der Waals surface area contributed by atoms with Gasteiger partial charge in [-0.3, -0.25) is 19.7 Å². The Morgan fingerprint density at radius 3 is 2.33 bits per heavy atom. The van der Waals surface area contributed by atoms with Crippen molar-refractivity contribution in [3.8, 4) is 0 Å². The zero-order valence-corrected chi connectivity index (χ0v) is 13.7. The first-order chi connectivity index (χ1) is 11.6. The number of amides is 1. The van der Waals surface area contributed by atoms with Crippen molar-refractivity contribution in [2.75, 3.05) is 13.1 Å². The first-order valence-electron chi connectivity index (χ1n) is 7.69. The molecule has 3 rings (SSSR count). The smallest absolute Gasteiger partial charge is 0.324 e. The molecule has 0 aliphatic carbocycles. The lowest BCUT2D eigenvalue weighted by molar-refractivity contribution is -0.380. The maximum absolute atomic E-state index is 12.4. The number of rotatable bonds is 4. The van der Waals surface area contributed by atoms with Gasteiger partial charge in [0.25, 0.3) is 5.91 Å². The molecule has 24 heavy (non-hydrogen) atoms. The Hall–Kier alpha value is -2.54. The summed E-state index contributed by atoms with van der Waals surface area (Å²) in [7, 11) is 0. The van der Waals surface area contributed by atoms with Gasteiger partial charge in [-0.2, -0.15) is 0 Å². The molecule has 6 nitrogen and oxygen atoms in total. The second kappa shape index (κ2) is 6.92. The van der Waals surface area contributed by atoms with Gasteiger partial charge in [0, 0.05) is 30.6 Å². The topological polar surface area (TPSA) is 80.5 Å². The number of hydrogen-bond acceptors (Lipinski definition) is 5. The largest absolute Gasteiger partial charge is 0.338 e. The van der Waals surface area contributed by atoms with E-state index in [1.165, 1.54) is 12.1 Å². The normalized spacial score (nSPS) is 15.2. The van der Waals surface area contributed by atoms with E-state index in [0.29, 0.717) is 36.4 Å². The molecule has 0 N–H and O–H groups in total. The number of ketones is 1. The Balaban J connectivity index is 1.61. The van der Waals surface area contributed by atoms with Gasteiger partial charge in [-0.15, -0.1) is 0 Å². The van der Waals surface area contributed by atoms with Crippen molar-refractivity contribution in [3.05, 3.63) is 63.0 Å². The summed E-state index contributed by atoms with van der Waals surface area (Å²) in [5.74, 6) is -0.151. The number of nitro groups is 1. The Morgan fingerprint density at radius 2 is 1.75 bits per heavy atom. The molecule has 124 valence electrons. The van der Waals surface area contributed by atoms with Gasteiger partial charge >= 0.3 is 5.00 Å². The molecule has 0 spiro atoms. The first-order valence-corrected chi connectivity index (χ1v) is 8.50. The molecule has 0 radical (unpaired) electrons. The number of piperidine rings is 1. The van der Waals surface area contributed by atoms with Crippen LogP contribution in [0.25, 0.3) is 0 Å². The Kier molecular flexibility index (Phi) is 4.71. The highest BCUT2D eigenvalue weighted by Gasteiger charge is 2.29. The Bertz CT molecular complexity index is 764. The molecular formula is C17H16N2O4S. The molecule has 1 aromatic heterocycles. The molecule has 1 aliphatic rings. The van der Waals surface area contributed by atoms with Gasteiger partial charge in [0.15, 0.2) is 5.78 Å². The number of thiophene rings is 1. The lowest BCUT2D eigenvalue weighted by atomic mass is 9.89. The summed E-state index contributed by atoms with van der Waals surface area (Å²) in [5.41, 5.74) is 0.705.